The van der Waals surface area contributed by atoms with Crippen molar-refractivity contribution >= 4 is 0 Å². The van der Waals surface area contributed by atoms with E-state index in [1.807, 2.05) is 0 Å². The molecule has 0 aromatic carbocycles. The highest BCUT2D eigenvalue weighted by Gasteiger charge is 2.33. The first-order valence-electron chi connectivity index (χ1n) is 5.11. The summed E-state index contributed by atoms with van der Waals surface area (Å²) in [6.07, 6.45) is 6.63. The van der Waals surface area contributed by atoms with Gasteiger partial charge in [0.25, 0.3) is 0 Å². The Morgan fingerprint density at radius 2 is 2.17 bits per heavy atom. The van der Waals surface area contributed by atoms with Gasteiger partial charge in [0.05, 0.1) is 0 Å². The molecule has 1 saturated heterocycles. The number of hydrogen-bond donors (Lipinski definition) is 0. The van der Waals surface area contributed by atoms with Gasteiger partial charge in [-0.05, 0) is 32.2 Å². The summed E-state index contributed by atoms with van der Waals surface area (Å²) in [5.41, 5.74) is 1.70. The molecule has 1 heteroatoms. The fraction of sp³-hybridized carbons (Fsp3) is 0.818. The number of nitrogens with zero attached hydrogens (tertiary/aromatic N) is 1. The predicted octanol–water partition coefficient (Wildman–Crippen LogP) is 2.44. The Labute approximate surface area is 75.4 Å². The van der Waals surface area contributed by atoms with Crippen molar-refractivity contribution in [3.8, 4) is 0 Å². The predicted molar refractivity (Wildman–Crippen MR) is 52.1 cm³/mol. The van der Waals surface area contributed by atoms with Gasteiger partial charge in [0.1, 0.15) is 0 Å². The molecular formula is C11H19N. The second-order valence-corrected chi connectivity index (χ2v) is 4.56. The van der Waals surface area contributed by atoms with E-state index in [-0.39, 0.29) is 0 Å². The van der Waals surface area contributed by atoms with E-state index >= 15 is 0 Å². The average Bonchev–Trinajstić information content (AvgIpc) is 2.30. The molecular weight excluding hydrogens is 146 g/mol. The largest absolute Gasteiger partial charge is 0.297 e. The van der Waals surface area contributed by atoms with Gasteiger partial charge >= 0.3 is 0 Å². The van der Waals surface area contributed by atoms with Crippen LogP contribution in [0.5, 0.6) is 0 Å². The maximum atomic E-state index is 2.55. The van der Waals surface area contributed by atoms with Crippen molar-refractivity contribution in [2.45, 2.75) is 45.2 Å². The van der Waals surface area contributed by atoms with Crippen LogP contribution in [0.3, 0.4) is 0 Å². The maximum Gasteiger partial charge on any atom is 0.0281 e. The minimum absolute atomic E-state index is 0.765. The van der Waals surface area contributed by atoms with Crippen molar-refractivity contribution in [1.82, 2.24) is 4.90 Å². The lowest BCUT2D eigenvalue weighted by Gasteiger charge is -2.31. The van der Waals surface area contributed by atoms with Crippen LogP contribution < -0.4 is 0 Å². The second-order valence-electron chi connectivity index (χ2n) is 4.56. The lowest BCUT2D eigenvalue weighted by atomic mass is 9.93. The zero-order valence-electron chi connectivity index (χ0n) is 8.38. The molecule has 0 unspecified atom stereocenters. The summed E-state index contributed by atoms with van der Waals surface area (Å²) in [5, 5.41) is 0. The molecule has 2 rings (SSSR count). The van der Waals surface area contributed by atoms with Gasteiger partial charge < -0.3 is 0 Å². The van der Waals surface area contributed by atoms with Gasteiger partial charge in [0, 0.05) is 12.1 Å². The fourth-order valence-corrected chi connectivity index (χ4v) is 2.50. The normalized spacial score (nSPS) is 35.8. The molecule has 0 spiro atoms. The first-order chi connectivity index (χ1) is 5.68. The highest BCUT2D eigenvalue weighted by Crippen LogP contribution is 2.35. The van der Waals surface area contributed by atoms with E-state index in [2.05, 4.69) is 31.9 Å². The maximum absolute atomic E-state index is 2.55. The van der Waals surface area contributed by atoms with Gasteiger partial charge in [-0.25, -0.2) is 0 Å². The standard InChI is InChI=1S/C11H19N/c1-8(2)9-6-10-4-5-11(7-9)12(10)3/h6,8,10-11H,4-5,7H2,1-3H3/t10-,11+/m0/s1. The van der Waals surface area contributed by atoms with Crippen molar-refractivity contribution < 1.29 is 0 Å². The Hall–Kier alpha value is -0.300. The van der Waals surface area contributed by atoms with Crippen LogP contribution in [-0.4, -0.2) is 24.0 Å². The van der Waals surface area contributed by atoms with Gasteiger partial charge in [0.2, 0.25) is 0 Å². The number of hydrogen-bond acceptors (Lipinski definition) is 1. The molecule has 0 N–H and O–H groups in total. The number of rotatable bonds is 1. The van der Waals surface area contributed by atoms with Crippen LogP contribution in [0.2, 0.25) is 0 Å². The molecule has 0 radical (unpaired) electrons. The molecule has 0 saturated carbocycles. The fourth-order valence-electron chi connectivity index (χ4n) is 2.50. The minimum Gasteiger partial charge on any atom is -0.297 e. The van der Waals surface area contributed by atoms with Gasteiger partial charge in [-0.2, -0.15) is 0 Å². The van der Waals surface area contributed by atoms with Crippen LogP contribution in [0.1, 0.15) is 33.1 Å². The first kappa shape index (κ1) is 8.31. The van der Waals surface area contributed by atoms with Crippen molar-refractivity contribution in [2.75, 3.05) is 7.05 Å². The van der Waals surface area contributed by atoms with E-state index < -0.39 is 0 Å². The van der Waals surface area contributed by atoms with Crippen LogP contribution in [0.4, 0.5) is 0 Å². The Morgan fingerprint density at radius 1 is 1.42 bits per heavy atom. The SMILES string of the molecule is CC(C)C1=C[C@@H]2CC[C@H](C1)N2C. The van der Waals surface area contributed by atoms with Crippen LogP contribution in [0.15, 0.2) is 11.6 Å². The number of fused-ring (bicyclic) bond motifs is 2. The molecule has 2 heterocycles. The Morgan fingerprint density at radius 3 is 2.75 bits per heavy atom. The molecule has 2 bridgehead atoms. The number of likely N-dealkylation sites (N-methyl/N-ethyl adjacent to an activating group) is 1. The molecule has 0 aromatic rings. The molecule has 0 amide bonds. The summed E-state index contributed by atoms with van der Waals surface area (Å²) in [7, 11) is 2.27. The summed E-state index contributed by atoms with van der Waals surface area (Å²) in [4.78, 5) is 2.55. The van der Waals surface area contributed by atoms with E-state index in [1.54, 1.807) is 5.57 Å². The zero-order chi connectivity index (χ0) is 8.72. The summed E-state index contributed by atoms with van der Waals surface area (Å²) in [6.45, 7) is 4.63. The Kier molecular flexibility index (Phi) is 1.99. The topological polar surface area (TPSA) is 3.24 Å². The van der Waals surface area contributed by atoms with Crippen molar-refractivity contribution in [3.05, 3.63) is 11.6 Å². The Bertz CT molecular complexity index is 205. The summed E-state index contributed by atoms with van der Waals surface area (Å²) < 4.78 is 0. The van der Waals surface area contributed by atoms with E-state index in [0.29, 0.717) is 0 Å². The highest BCUT2D eigenvalue weighted by atomic mass is 15.2. The van der Waals surface area contributed by atoms with Crippen LogP contribution >= 0.6 is 0 Å². The van der Waals surface area contributed by atoms with E-state index in [0.717, 1.165) is 18.0 Å². The molecule has 2 aliphatic heterocycles. The quantitative estimate of drug-likeness (QED) is 0.539. The molecule has 68 valence electrons. The van der Waals surface area contributed by atoms with Crippen LogP contribution in [-0.2, 0) is 0 Å². The molecule has 12 heavy (non-hydrogen) atoms. The van der Waals surface area contributed by atoms with Gasteiger partial charge in [-0.15, -0.1) is 0 Å². The molecule has 2 aliphatic rings. The summed E-state index contributed by atoms with van der Waals surface area (Å²) >= 11 is 0. The van der Waals surface area contributed by atoms with Crippen LogP contribution in [0.25, 0.3) is 0 Å². The monoisotopic (exact) mass is 165 g/mol. The summed E-state index contributed by atoms with van der Waals surface area (Å²) in [6, 6.07) is 1.62. The van der Waals surface area contributed by atoms with Gasteiger partial charge in [-0.1, -0.05) is 25.5 Å². The van der Waals surface area contributed by atoms with E-state index in [1.165, 1.54) is 19.3 Å². The average molecular weight is 165 g/mol. The van der Waals surface area contributed by atoms with E-state index in [4.69, 9.17) is 0 Å². The molecule has 2 atom stereocenters. The molecule has 1 fully saturated rings. The van der Waals surface area contributed by atoms with Crippen molar-refractivity contribution in [1.29, 1.82) is 0 Å². The highest BCUT2D eigenvalue weighted by molar-refractivity contribution is 5.18. The molecule has 0 aromatic heterocycles. The minimum atomic E-state index is 0.765. The zero-order valence-corrected chi connectivity index (χ0v) is 8.38. The van der Waals surface area contributed by atoms with Crippen molar-refractivity contribution in [2.24, 2.45) is 5.92 Å². The lowest BCUT2D eigenvalue weighted by molar-refractivity contribution is 0.249. The van der Waals surface area contributed by atoms with E-state index in [9.17, 15) is 0 Å². The third-order valence-corrected chi connectivity index (χ3v) is 3.51. The van der Waals surface area contributed by atoms with Crippen LogP contribution in [0, 0.1) is 5.92 Å². The van der Waals surface area contributed by atoms with Gasteiger partial charge in [-0.3, -0.25) is 4.90 Å². The van der Waals surface area contributed by atoms with Crippen molar-refractivity contribution in [3.63, 3.8) is 0 Å². The molecule has 0 aliphatic carbocycles. The summed E-state index contributed by atoms with van der Waals surface area (Å²) in [5.74, 6) is 0.766. The molecule has 1 nitrogen and oxygen atoms in total. The smallest absolute Gasteiger partial charge is 0.0281 e. The third kappa shape index (κ3) is 1.20. The first-order valence-corrected chi connectivity index (χ1v) is 5.11. The Balaban J connectivity index is 2.18. The second kappa shape index (κ2) is 2.88. The van der Waals surface area contributed by atoms with Gasteiger partial charge in [0.15, 0.2) is 0 Å². The lowest BCUT2D eigenvalue weighted by Crippen LogP contribution is -2.35. The third-order valence-electron chi connectivity index (χ3n) is 3.51.